The normalized spacial score (nSPS) is 12.0. The van der Waals surface area contributed by atoms with Crippen molar-refractivity contribution in [2.24, 2.45) is 7.05 Å². The molecule has 2 aromatic rings. The first-order valence-corrected chi connectivity index (χ1v) is 8.59. The second-order valence-corrected chi connectivity index (χ2v) is 6.30. The number of aromatic carboxylic acids is 1. The van der Waals surface area contributed by atoms with Crippen molar-refractivity contribution < 1.29 is 50.6 Å². The predicted octanol–water partition coefficient (Wildman–Crippen LogP) is 4.10. The summed E-state index contributed by atoms with van der Waals surface area (Å²) in [5.41, 5.74) is -7.09. The van der Waals surface area contributed by atoms with Crippen LogP contribution >= 0.6 is 0 Å². The number of hydrogen-bond acceptors (Lipinski definition) is 4. The molecule has 0 aliphatic heterocycles. The molecule has 1 aromatic heterocycles. The van der Waals surface area contributed by atoms with Crippen LogP contribution in [0.3, 0.4) is 0 Å². The van der Waals surface area contributed by atoms with Crippen molar-refractivity contribution >= 4 is 17.7 Å². The molecule has 0 unspecified atom stereocenters. The van der Waals surface area contributed by atoms with Gasteiger partial charge < -0.3 is 14.4 Å². The van der Waals surface area contributed by atoms with Crippen LogP contribution < -0.4 is 0 Å². The number of carboxylic acid groups (broad SMARTS) is 1. The van der Waals surface area contributed by atoms with Gasteiger partial charge in [-0.1, -0.05) is 12.1 Å². The summed E-state index contributed by atoms with van der Waals surface area (Å²) < 4.78 is 85.3. The number of ketones is 1. The lowest BCUT2D eigenvalue weighted by Gasteiger charge is -2.12. The predicted molar refractivity (Wildman–Crippen MR) is 92.6 cm³/mol. The molecule has 0 aliphatic carbocycles. The zero-order valence-corrected chi connectivity index (χ0v) is 16.0. The Morgan fingerprint density at radius 1 is 1.06 bits per heavy atom. The number of nitrogens with zero attached hydrogens (tertiary/aromatic N) is 1. The number of carboxylic acids is 1. The number of halogens is 6. The van der Waals surface area contributed by atoms with Crippen LogP contribution in [0.15, 0.2) is 24.3 Å². The molecule has 0 amide bonds. The van der Waals surface area contributed by atoms with Gasteiger partial charge in [0.2, 0.25) is 5.78 Å². The zero-order chi connectivity index (χ0) is 23.7. The van der Waals surface area contributed by atoms with Gasteiger partial charge in [0.05, 0.1) is 29.7 Å². The van der Waals surface area contributed by atoms with E-state index in [9.17, 15) is 45.8 Å². The third kappa shape index (κ3) is 4.89. The summed E-state index contributed by atoms with van der Waals surface area (Å²) in [5, 5.41) is 9.37. The van der Waals surface area contributed by atoms with Gasteiger partial charge in [0, 0.05) is 18.3 Å². The van der Waals surface area contributed by atoms with Crippen molar-refractivity contribution in [1.29, 1.82) is 0 Å². The fraction of sp³-hybridized carbons (Fsp3) is 0.316. The Balaban J connectivity index is 2.79. The highest BCUT2D eigenvalue weighted by molar-refractivity contribution is 6.11. The van der Waals surface area contributed by atoms with Gasteiger partial charge in [-0.05, 0) is 19.1 Å². The first-order chi connectivity index (χ1) is 14.2. The molecule has 0 fully saturated rings. The van der Waals surface area contributed by atoms with E-state index < -0.39 is 70.1 Å². The summed E-state index contributed by atoms with van der Waals surface area (Å²) in [6, 6.07) is 2.70. The summed E-state index contributed by atoms with van der Waals surface area (Å²) in [6.45, 7) is 1.29. The van der Waals surface area contributed by atoms with Gasteiger partial charge in [0.1, 0.15) is 5.69 Å². The Kier molecular flexibility index (Phi) is 6.52. The second-order valence-electron chi connectivity index (χ2n) is 6.30. The number of benzene rings is 1. The van der Waals surface area contributed by atoms with E-state index in [4.69, 9.17) is 0 Å². The fourth-order valence-electron chi connectivity index (χ4n) is 3.03. The topological polar surface area (TPSA) is 85.6 Å². The van der Waals surface area contributed by atoms with Gasteiger partial charge in [-0.25, -0.2) is 4.79 Å². The van der Waals surface area contributed by atoms with Crippen molar-refractivity contribution in [3.05, 3.63) is 57.9 Å². The molecule has 1 N–H and O–H groups in total. The molecule has 31 heavy (non-hydrogen) atoms. The van der Waals surface area contributed by atoms with Crippen molar-refractivity contribution in [3.63, 3.8) is 0 Å². The minimum absolute atomic E-state index is 0.131. The van der Waals surface area contributed by atoms with Gasteiger partial charge >= 0.3 is 24.3 Å². The number of esters is 1. The summed E-state index contributed by atoms with van der Waals surface area (Å²) in [6.07, 6.45) is -11.1. The highest BCUT2D eigenvalue weighted by atomic mass is 19.4. The van der Waals surface area contributed by atoms with Crippen LogP contribution in [0.4, 0.5) is 26.3 Å². The molecule has 168 valence electrons. The number of hydrogen-bond donors (Lipinski definition) is 1. The van der Waals surface area contributed by atoms with Gasteiger partial charge in [-0.3, -0.25) is 9.59 Å². The van der Waals surface area contributed by atoms with Crippen LogP contribution in [0.25, 0.3) is 0 Å². The van der Waals surface area contributed by atoms with Crippen LogP contribution in [0.1, 0.15) is 50.2 Å². The molecule has 0 aliphatic rings. The molecular weight excluding hydrogens is 436 g/mol. The summed E-state index contributed by atoms with van der Waals surface area (Å²) in [4.78, 5) is 36.2. The zero-order valence-electron chi connectivity index (χ0n) is 16.0. The first-order valence-electron chi connectivity index (χ1n) is 8.59. The lowest BCUT2D eigenvalue weighted by molar-refractivity contribution is -0.142. The maximum atomic E-state index is 13.8. The average molecular weight is 451 g/mol. The lowest BCUT2D eigenvalue weighted by Crippen LogP contribution is -2.18. The van der Waals surface area contributed by atoms with E-state index in [0.717, 1.165) is 19.2 Å². The maximum Gasteiger partial charge on any atom is 0.419 e. The maximum absolute atomic E-state index is 13.8. The Morgan fingerprint density at radius 2 is 1.68 bits per heavy atom. The van der Waals surface area contributed by atoms with Crippen molar-refractivity contribution in [1.82, 2.24) is 4.57 Å². The molecule has 6 nitrogen and oxygen atoms in total. The van der Waals surface area contributed by atoms with E-state index in [0.29, 0.717) is 16.7 Å². The summed E-state index contributed by atoms with van der Waals surface area (Å²) in [7, 11) is 0.914. The molecule has 2 rings (SSSR count). The molecule has 1 aromatic carbocycles. The Morgan fingerprint density at radius 3 is 2.16 bits per heavy atom. The van der Waals surface area contributed by atoms with E-state index >= 15 is 0 Å². The Labute approximate surface area is 171 Å². The van der Waals surface area contributed by atoms with Gasteiger partial charge in [0.15, 0.2) is 0 Å². The molecule has 0 saturated heterocycles. The molecular formula is C19H15F6NO5. The number of aromatic nitrogens is 1. The Hall–Kier alpha value is -3.31. The average Bonchev–Trinajstić information content (AvgIpc) is 2.93. The molecule has 1 heterocycles. The number of rotatable bonds is 6. The van der Waals surface area contributed by atoms with Crippen LogP contribution in [-0.2, 0) is 35.4 Å². The summed E-state index contributed by atoms with van der Waals surface area (Å²) >= 11 is 0. The van der Waals surface area contributed by atoms with Crippen LogP contribution in [0.2, 0.25) is 0 Å². The van der Waals surface area contributed by atoms with Gasteiger partial charge in [-0.2, -0.15) is 26.3 Å². The fourth-order valence-corrected chi connectivity index (χ4v) is 3.03. The van der Waals surface area contributed by atoms with E-state index in [1.165, 1.54) is 6.92 Å². The molecule has 0 bridgehead atoms. The number of ether oxygens (including phenoxy) is 1. The Bertz CT molecular complexity index is 1040. The van der Waals surface area contributed by atoms with Crippen LogP contribution in [0, 0.1) is 0 Å². The monoisotopic (exact) mass is 451 g/mol. The molecule has 0 atom stereocenters. The van der Waals surface area contributed by atoms with E-state index in [-0.39, 0.29) is 6.61 Å². The third-order valence-electron chi connectivity index (χ3n) is 4.30. The van der Waals surface area contributed by atoms with E-state index in [1.54, 1.807) is 0 Å². The van der Waals surface area contributed by atoms with Crippen LogP contribution in [-0.4, -0.2) is 34.0 Å². The SMILES string of the molecule is CCOC(=O)Cc1c(C(=O)O)c(C(F)(F)F)c(C(=O)c2cccc(C(F)(F)F)c2)n1C. The van der Waals surface area contributed by atoms with Gasteiger partial charge in [-0.15, -0.1) is 0 Å². The van der Waals surface area contributed by atoms with E-state index in [1.807, 2.05) is 0 Å². The largest absolute Gasteiger partial charge is 0.478 e. The number of carbonyl (C=O) groups is 3. The summed E-state index contributed by atoms with van der Waals surface area (Å²) in [5.74, 6) is -4.60. The van der Waals surface area contributed by atoms with Crippen LogP contribution in [0.5, 0.6) is 0 Å². The second kappa shape index (κ2) is 8.44. The highest BCUT2D eigenvalue weighted by Gasteiger charge is 2.45. The molecule has 12 heteroatoms. The smallest absolute Gasteiger partial charge is 0.419 e. The molecule has 0 radical (unpaired) electrons. The molecule has 0 spiro atoms. The molecule has 0 saturated carbocycles. The highest BCUT2D eigenvalue weighted by Crippen LogP contribution is 2.39. The first kappa shape index (κ1) is 24.0. The number of carbonyl (C=O) groups excluding carboxylic acids is 2. The number of alkyl halides is 6. The van der Waals surface area contributed by atoms with E-state index in [2.05, 4.69) is 4.74 Å². The van der Waals surface area contributed by atoms with Gasteiger partial charge in [0.25, 0.3) is 0 Å². The standard InChI is InChI=1S/C19H15F6NO5/c1-3-31-12(27)8-11-13(17(29)30)14(19(23,24)25)15(26(11)2)16(28)9-5-4-6-10(7-9)18(20,21)22/h4-7H,3,8H2,1-2H3,(H,29,30). The van der Waals surface area contributed by atoms with Crippen molar-refractivity contribution in [2.75, 3.05) is 6.61 Å². The minimum Gasteiger partial charge on any atom is -0.478 e. The van der Waals surface area contributed by atoms with Crippen molar-refractivity contribution in [2.45, 2.75) is 25.7 Å². The van der Waals surface area contributed by atoms with Crippen molar-refractivity contribution in [3.8, 4) is 0 Å². The lowest BCUT2D eigenvalue weighted by atomic mass is 10.00. The minimum atomic E-state index is -5.36. The third-order valence-corrected chi connectivity index (χ3v) is 4.30. The quantitative estimate of drug-likeness (QED) is 0.406.